The van der Waals surface area contributed by atoms with Crippen molar-refractivity contribution in [2.45, 2.75) is 12.8 Å². The SMILES string of the molecule is N#Cc1c(CCCNC(=O)c2ccc(NC(N)=O)cc2)nn(-c2ccccc2)c1N. The molecule has 0 bridgehead atoms. The fourth-order valence-electron chi connectivity index (χ4n) is 2.95. The molecule has 30 heavy (non-hydrogen) atoms. The summed E-state index contributed by atoms with van der Waals surface area (Å²) in [6.07, 6.45) is 1.08. The van der Waals surface area contributed by atoms with Gasteiger partial charge in [-0.05, 0) is 49.2 Å². The number of amides is 3. The van der Waals surface area contributed by atoms with Crippen LogP contribution >= 0.6 is 0 Å². The minimum absolute atomic E-state index is 0.240. The highest BCUT2D eigenvalue weighted by Gasteiger charge is 2.16. The lowest BCUT2D eigenvalue weighted by Gasteiger charge is -2.06. The Labute approximate surface area is 173 Å². The third-order valence-electron chi connectivity index (χ3n) is 4.40. The van der Waals surface area contributed by atoms with Gasteiger partial charge in [-0.3, -0.25) is 4.79 Å². The first-order valence-corrected chi connectivity index (χ1v) is 9.27. The summed E-state index contributed by atoms with van der Waals surface area (Å²) < 4.78 is 1.55. The zero-order valence-corrected chi connectivity index (χ0v) is 16.1. The molecule has 0 saturated heterocycles. The normalized spacial score (nSPS) is 10.2. The number of nitrogens with zero attached hydrogens (tertiary/aromatic N) is 3. The van der Waals surface area contributed by atoms with Gasteiger partial charge in [0.15, 0.2) is 0 Å². The second-order valence-electron chi connectivity index (χ2n) is 6.49. The second-order valence-corrected chi connectivity index (χ2v) is 6.49. The van der Waals surface area contributed by atoms with Crippen molar-refractivity contribution in [3.05, 3.63) is 71.4 Å². The fourth-order valence-corrected chi connectivity index (χ4v) is 2.95. The van der Waals surface area contributed by atoms with Gasteiger partial charge < -0.3 is 22.1 Å². The predicted molar refractivity (Wildman–Crippen MR) is 113 cm³/mol. The first-order valence-electron chi connectivity index (χ1n) is 9.27. The molecule has 0 aliphatic heterocycles. The van der Waals surface area contributed by atoms with Crippen LogP contribution in [0.2, 0.25) is 0 Å². The first kappa shape index (κ1) is 20.4. The van der Waals surface area contributed by atoms with Crippen LogP contribution in [0, 0.1) is 11.3 Å². The Balaban J connectivity index is 1.57. The Kier molecular flexibility index (Phi) is 6.29. The summed E-state index contributed by atoms with van der Waals surface area (Å²) in [5, 5.41) is 19.2. The highest BCUT2D eigenvalue weighted by atomic mass is 16.2. The molecule has 3 rings (SSSR count). The molecule has 0 saturated carbocycles. The number of benzene rings is 2. The molecular weight excluding hydrogens is 382 g/mol. The molecule has 6 N–H and O–H groups in total. The maximum atomic E-state index is 12.2. The van der Waals surface area contributed by atoms with Gasteiger partial charge in [0, 0.05) is 17.8 Å². The molecular formula is C21H21N7O2. The number of aromatic nitrogens is 2. The molecule has 1 heterocycles. The van der Waals surface area contributed by atoms with E-state index in [9.17, 15) is 14.9 Å². The van der Waals surface area contributed by atoms with Gasteiger partial charge in [0.25, 0.3) is 5.91 Å². The Bertz CT molecular complexity index is 1080. The monoisotopic (exact) mass is 403 g/mol. The van der Waals surface area contributed by atoms with Gasteiger partial charge in [0.2, 0.25) is 0 Å². The molecule has 9 nitrogen and oxygen atoms in total. The Morgan fingerprint density at radius 2 is 1.80 bits per heavy atom. The summed E-state index contributed by atoms with van der Waals surface area (Å²) in [4.78, 5) is 23.1. The Morgan fingerprint density at radius 1 is 1.10 bits per heavy atom. The summed E-state index contributed by atoms with van der Waals surface area (Å²) in [5.41, 5.74) is 13.8. The molecule has 1 aromatic heterocycles. The van der Waals surface area contributed by atoms with E-state index in [4.69, 9.17) is 11.5 Å². The van der Waals surface area contributed by atoms with Gasteiger partial charge in [-0.15, -0.1) is 0 Å². The molecule has 3 amide bonds. The molecule has 0 aliphatic carbocycles. The average Bonchev–Trinajstić information content (AvgIpc) is 3.07. The molecule has 0 fully saturated rings. The number of urea groups is 1. The lowest BCUT2D eigenvalue weighted by Crippen LogP contribution is -2.25. The molecule has 9 heteroatoms. The van der Waals surface area contributed by atoms with Gasteiger partial charge in [-0.25, -0.2) is 9.48 Å². The van der Waals surface area contributed by atoms with E-state index in [-0.39, 0.29) is 5.91 Å². The minimum atomic E-state index is -0.667. The van der Waals surface area contributed by atoms with Gasteiger partial charge in [0.1, 0.15) is 17.5 Å². The number of anilines is 2. The predicted octanol–water partition coefficient (Wildman–Crippen LogP) is 2.18. The summed E-state index contributed by atoms with van der Waals surface area (Å²) in [6, 6.07) is 17.2. The number of aryl methyl sites for hydroxylation is 1. The molecule has 0 unspecified atom stereocenters. The zero-order valence-electron chi connectivity index (χ0n) is 16.1. The van der Waals surface area contributed by atoms with Gasteiger partial charge in [-0.1, -0.05) is 18.2 Å². The van der Waals surface area contributed by atoms with E-state index in [1.165, 1.54) is 0 Å². The van der Waals surface area contributed by atoms with Gasteiger partial charge >= 0.3 is 6.03 Å². The van der Waals surface area contributed by atoms with E-state index >= 15 is 0 Å². The van der Waals surface area contributed by atoms with Crippen LogP contribution in [0.1, 0.15) is 28.0 Å². The summed E-state index contributed by atoms with van der Waals surface area (Å²) in [5.74, 6) is 0.0582. The lowest BCUT2D eigenvalue weighted by atomic mass is 10.1. The number of primary amides is 1. The molecule has 3 aromatic rings. The van der Waals surface area contributed by atoms with E-state index in [1.54, 1.807) is 28.9 Å². The Hall–Kier alpha value is -4.32. The number of hydrogen-bond acceptors (Lipinski definition) is 5. The summed E-state index contributed by atoms with van der Waals surface area (Å²) >= 11 is 0. The number of nitrogen functional groups attached to an aromatic ring is 1. The van der Waals surface area contributed by atoms with Crippen LogP contribution < -0.4 is 22.1 Å². The quantitative estimate of drug-likeness (QED) is 0.446. The molecule has 0 radical (unpaired) electrons. The van der Waals surface area contributed by atoms with Crippen LogP contribution in [0.15, 0.2) is 54.6 Å². The van der Waals surface area contributed by atoms with Crippen molar-refractivity contribution in [2.75, 3.05) is 17.6 Å². The molecule has 2 aromatic carbocycles. The van der Waals surface area contributed by atoms with Crippen molar-refractivity contribution in [1.29, 1.82) is 5.26 Å². The van der Waals surface area contributed by atoms with E-state index in [0.29, 0.717) is 47.7 Å². The standard InChI is InChI=1S/C21H21N7O2/c22-13-17-18(27-28(19(17)23)16-5-2-1-3-6-16)7-4-12-25-20(29)14-8-10-15(11-9-14)26-21(24)30/h1-3,5-6,8-11H,4,7,12,23H2,(H,25,29)(H3,24,26,30). The topological polar surface area (TPSA) is 152 Å². The van der Waals surface area contributed by atoms with Crippen molar-refractivity contribution in [2.24, 2.45) is 5.73 Å². The van der Waals surface area contributed by atoms with E-state index in [0.717, 1.165) is 5.69 Å². The van der Waals surface area contributed by atoms with E-state index in [2.05, 4.69) is 21.8 Å². The van der Waals surface area contributed by atoms with Gasteiger partial charge in [-0.2, -0.15) is 10.4 Å². The van der Waals surface area contributed by atoms with Crippen LogP contribution in [-0.4, -0.2) is 28.3 Å². The highest BCUT2D eigenvalue weighted by Crippen LogP contribution is 2.21. The van der Waals surface area contributed by atoms with Crippen LogP contribution in [-0.2, 0) is 6.42 Å². The third kappa shape index (κ3) is 4.74. The number of nitrogens with one attached hydrogen (secondary N) is 2. The first-order chi connectivity index (χ1) is 14.5. The summed E-state index contributed by atoms with van der Waals surface area (Å²) in [7, 11) is 0. The number of carbonyl (C=O) groups excluding carboxylic acids is 2. The number of nitriles is 1. The van der Waals surface area contributed by atoms with E-state index < -0.39 is 6.03 Å². The van der Waals surface area contributed by atoms with Crippen molar-refractivity contribution < 1.29 is 9.59 Å². The zero-order chi connectivity index (χ0) is 21.5. The molecule has 152 valence electrons. The number of para-hydroxylation sites is 1. The summed E-state index contributed by atoms with van der Waals surface area (Å²) in [6.45, 7) is 0.406. The fraction of sp³-hybridized carbons (Fsp3) is 0.143. The Morgan fingerprint density at radius 3 is 2.43 bits per heavy atom. The maximum absolute atomic E-state index is 12.2. The molecule has 0 atom stereocenters. The van der Waals surface area contributed by atoms with Crippen LogP contribution in [0.4, 0.5) is 16.3 Å². The van der Waals surface area contributed by atoms with Crippen LogP contribution in [0.3, 0.4) is 0 Å². The number of hydrogen-bond donors (Lipinski definition) is 4. The largest absolute Gasteiger partial charge is 0.382 e. The van der Waals surface area contributed by atoms with Crippen molar-refractivity contribution >= 4 is 23.4 Å². The maximum Gasteiger partial charge on any atom is 0.316 e. The number of rotatable bonds is 7. The van der Waals surface area contributed by atoms with Crippen molar-refractivity contribution in [3.8, 4) is 11.8 Å². The van der Waals surface area contributed by atoms with Crippen molar-refractivity contribution in [3.63, 3.8) is 0 Å². The second kappa shape index (κ2) is 9.25. The minimum Gasteiger partial charge on any atom is -0.382 e. The van der Waals surface area contributed by atoms with E-state index in [1.807, 2.05) is 30.3 Å². The van der Waals surface area contributed by atoms with Crippen LogP contribution in [0.5, 0.6) is 0 Å². The molecule has 0 spiro atoms. The van der Waals surface area contributed by atoms with Gasteiger partial charge in [0.05, 0.1) is 11.4 Å². The lowest BCUT2D eigenvalue weighted by molar-refractivity contribution is 0.0953. The third-order valence-corrected chi connectivity index (χ3v) is 4.40. The smallest absolute Gasteiger partial charge is 0.316 e. The highest BCUT2D eigenvalue weighted by molar-refractivity contribution is 5.95. The molecule has 0 aliphatic rings. The van der Waals surface area contributed by atoms with Crippen LogP contribution in [0.25, 0.3) is 5.69 Å². The number of carbonyl (C=O) groups is 2. The van der Waals surface area contributed by atoms with Crippen molar-refractivity contribution in [1.82, 2.24) is 15.1 Å². The average molecular weight is 403 g/mol. The number of nitrogens with two attached hydrogens (primary N) is 2.